The zero-order valence-electron chi connectivity index (χ0n) is 15.3. The van der Waals surface area contributed by atoms with Crippen molar-refractivity contribution in [3.05, 3.63) is 59.8 Å². The number of nitrogens with one attached hydrogen (secondary N) is 1. The normalized spacial score (nSPS) is 10.6. The van der Waals surface area contributed by atoms with E-state index in [2.05, 4.69) is 4.98 Å². The van der Waals surface area contributed by atoms with Crippen molar-refractivity contribution in [2.24, 2.45) is 0 Å². The molecule has 0 aliphatic rings. The van der Waals surface area contributed by atoms with E-state index in [-0.39, 0.29) is 12.4 Å². The van der Waals surface area contributed by atoms with Gasteiger partial charge in [0.2, 0.25) is 5.78 Å². The summed E-state index contributed by atoms with van der Waals surface area (Å²) in [5, 5.41) is 0.803. The van der Waals surface area contributed by atoms with Crippen LogP contribution >= 0.6 is 0 Å². The average molecular weight is 367 g/mol. The number of Topliss-reactive ketones (excluding diaryl/α,β-unsaturated/α-hetero) is 1. The van der Waals surface area contributed by atoms with Crippen LogP contribution in [0.15, 0.2) is 48.7 Å². The number of benzene rings is 2. The first-order valence-corrected chi connectivity index (χ1v) is 8.71. The van der Waals surface area contributed by atoms with E-state index < -0.39 is 5.97 Å². The third-order valence-electron chi connectivity index (χ3n) is 4.09. The number of esters is 1. The number of methoxy groups -OCH3 is 1. The minimum atomic E-state index is -0.594. The number of fused-ring (bicyclic) bond motifs is 1. The Labute approximate surface area is 157 Å². The van der Waals surface area contributed by atoms with Crippen LogP contribution in [0.4, 0.5) is 0 Å². The van der Waals surface area contributed by atoms with Crippen LogP contribution in [0.1, 0.15) is 34.1 Å². The van der Waals surface area contributed by atoms with Crippen molar-refractivity contribution >= 4 is 22.7 Å². The zero-order chi connectivity index (χ0) is 19.2. The van der Waals surface area contributed by atoms with Gasteiger partial charge in [0, 0.05) is 22.7 Å². The van der Waals surface area contributed by atoms with Crippen molar-refractivity contribution < 1.29 is 23.8 Å². The molecule has 0 radical (unpaired) electrons. The van der Waals surface area contributed by atoms with Crippen LogP contribution in [0.25, 0.3) is 10.9 Å². The summed E-state index contributed by atoms with van der Waals surface area (Å²) in [4.78, 5) is 27.7. The molecule has 0 aliphatic carbocycles. The lowest BCUT2D eigenvalue weighted by molar-refractivity contribution is 0.0475. The number of aromatic amines is 1. The van der Waals surface area contributed by atoms with Crippen LogP contribution in [0.2, 0.25) is 0 Å². The molecule has 6 nitrogen and oxygen atoms in total. The number of aromatic nitrogens is 1. The maximum Gasteiger partial charge on any atom is 0.338 e. The molecule has 0 saturated heterocycles. The molecule has 27 heavy (non-hydrogen) atoms. The molecule has 3 rings (SSSR count). The number of para-hydroxylation sites is 1. The molecule has 2 aromatic carbocycles. The largest absolute Gasteiger partial charge is 0.493 e. The minimum absolute atomic E-state index is 0.268. The van der Waals surface area contributed by atoms with E-state index in [0.717, 1.165) is 17.3 Å². The number of carbonyl (C=O) groups excluding carboxylic acids is 2. The first-order chi connectivity index (χ1) is 13.1. The second-order valence-corrected chi connectivity index (χ2v) is 5.96. The van der Waals surface area contributed by atoms with Crippen LogP contribution in [0.3, 0.4) is 0 Å². The third-order valence-corrected chi connectivity index (χ3v) is 4.09. The molecule has 1 N–H and O–H groups in total. The minimum Gasteiger partial charge on any atom is -0.493 e. The van der Waals surface area contributed by atoms with Gasteiger partial charge in [-0.3, -0.25) is 4.79 Å². The van der Waals surface area contributed by atoms with E-state index in [0.29, 0.717) is 29.2 Å². The predicted octanol–water partition coefficient (Wildman–Crippen LogP) is 4.01. The molecule has 3 aromatic rings. The first-order valence-electron chi connectivity index (χ1n) is 8.71. The van der Waals surface area contributed by atoms with Gasteiger partial charge in [0.15, 0.2) is 18.1 Å². The Morgan fingerprint density at radius 1 is 1.07 bits per heavy atom. The fourth-order valence-electron chi connectivity index (χ4n) is 2.72. The summed E-state index contributed by atoms with van der Waals surface area (Å²) in [6, 6.07) is 12.3. The van der Waals surface area contributed by atoms with Gasteiger partial charge in [0.1, 0.15) is 0 Å². The Balaban J connectivity index is 1.67. The molecule has 1 aromatic heterocycles. The maximum atomic E-state index is 12.4. The van der Waals surface area contributed by atoms with Crippen LogP contribution in [0, 0.1) is 0 Å². The van der Waals surface area contributed by atoms with Gasteiger partial charge in [-0.1, -0.05) is 25.1 Å². The molecular weight excluding hydrogens is 346 g/mol. The number of rotatable bonds is 8. The smallest absolute Gasteiger partial charge is 0.338 e. The molecule has 140 valence electrons. The second-order valence-electron chi connectivity index (χ2n) is 5.96. The highest BCUT2D eigenvalue weighted by molar-refractivity contribution is 6.09. The molecule has 0 fully saturated rings. The second kappa shape index (κ2) is 8.40. The van der Waals surface area contributed by atoms with E-state index in [1.165, 1.54) is 7.11 Å². The van der Waals surface area contributed by atoms with Crippen molar-refractivity contribution in [2.45, 2.75) is 13.3 Å². The summed E-state index contributed by atoms with van der Waals surface area (Å²) in [7, 11) is 1.50. The van der Waals surface area contributed by atoms with Crippen molar-refractivity contribution in [3.63, 3.8) is 0 Å². The molecule has 0 spiro atoms. The third kappa shape index (κ3) is 4.11. The van der Waals surface area contributed by atoms with Gasteiger partial charge in [-0.15, -0.1) is 0 Å². The maximum absolute atomic E-state index is 12.4. The van der Waals surface area contributed by atoms with Crippen molar-refractivity contribution in [1.82, 2.24) is 4.98 Å². The highest BCUT2D eigenvalue weighted by atomic mass is 16.5. The lowest BCUT2D eigenvalue weighted by Crippen LogP contribution is -2.14. The Kier molecular flexibility index (Phi) is 5.76. The Bertz CT molecular complexity index is 960. The monoisotopic (exact) mass is 367 g/mol. The van der Waals surface area contributed by atoms with Crippen molar-refractivity contribution in [2.75, 3.05) is 20.3 Å². The van der Waals surface area contributed by atoms with Crippen molar-refractivity contribution in [1.29, 1.82) is 0 Å². The average Bonchev–Trinajstić information content (AvgIpc) is 3.14. The summed E-state index contributed by atoms with van der Waals surface area (Å²) in [6.45, 7) is 2.22. The summed E-state index contributed by atoms with van der Waals surface area (Å²) in [6.07, 6.45) is 2.49. The van der Waals surface area contributed by atoms with Gasteiger partial charge in [-0.05, 0) is 30.7 Å². The molecule has 0 aliphatic heterocycles. The zero-order valence-corrected chi connectivity index (χ0v) is 15.3. The molecule has 6 heteroatoms. The number of hydrogen-bond acceptors (Lipinski definition) is 5. The SMILES string of the molecule is CCCOc1ccc(C(=O)OCC(=O)c2c[nH]c3ccccc23)cc1OC. The molecule has 0 unspecified atom stereocenters. The van der Waals surface area contributed by atoms with Gasteiger partial charge in [-0.2, -0.15) is 0 Å². The number of ether oxygens (including phenoxy) is 3. The van der Waals surface area contributed by atoms with E-state index in [9.17, 15) is 9.59 Å². The summed E-state index contributed by atoms with van der Waals surface area (Å²) < 4.78 is 16.0. The Hall–Kier alpha value is -3.28. The van der Waals surface area contributed by atoms with Gasteiger partial charge in [0.25, 0.3) is 0 Å². The van der Waals surface area contributed by atoms with E-state index in [4.69, 9.17) is 14.2 Å². The molecule has 1 heterocycles. The number of ketones is 1. The van der Waals surface area contributed by atoms with E-state index >= 15 is 0 Å². The van der Waals surface area contributed by atoms with Crippen LogP contribution in [-0.2, 0) is 4.74 Å². The summed E-state index contributed by atoms with van der Waals surface area (Å²) in [5.41, 5.74) is 1.65. The number of carbonyl (C=O) groups is 2. The fraction of sp³-hybridized carbons (Fsp3) is 0.238. The predicted molar refractivity (Wildman–Crippen MR) is 102 cm³/mol. The molecule has 0 saturated carbocycles. The van der Waals surface area contributed by atoms with Crippen LogP contribution < -0.4 is 9.47 Å². The topological polar surface area (TPSA) is 77.6 Å². The number of H-pyrrole nitrogens is 1. The lowest BCUT2D eigenvalue weighted by Gasteiger charge is -2.11. The van der Waals surface area contributed by atoms with Gasteiger partial charge in [-0.25, -0.2) is 4.79 Å². The van der Waals surface area contributed by atoms with E-state index in [1.807, 2.05) is 31.2 Å². The quantitative estimate of drug-likeness (QED) is 0.481. The highest BCUT2D eigenvalue weighted by Crippen LogP contribution is 2.28. The molecule has 0 bridgehead atoms. The fourth-order valence-corrected chi connectivity index (χ4v) is 2.72. The molecule has 0 atom stereocenters. The summed E-state index contributed by atoms with van der Waals surface area (Å²) in [5.74, 6) is 0.144. The van der Waals surface area contributed by atoms with Crippen LogP contribution in [-0.4, -0.2) is 37.1 Å². The summed E-state index contributed by atoms with van der Waals surface area (Å²) >= 11 is 0. The van der Waals surface area contributed by atoms with Gasteiger partial charge in [0.05, 0.1) is 19.3 Å². The number of hydrogen-bond donors (Lipinski definition) is 1. The Morgan fingerprint density at radius 3 is 2.67 bits per heavy atom. The molecular formula is C21H21NO5. The van der Waals surface area contributed by atoms with Gasteiger partial charge >= 0.3 is 5.97 Å². The lowest BCUT2D eigenvalue weighted by atomic mass is 10.1. The highest BCUT2D eigenvalue weighted by Gasteiger charge is 2.16. The van der Waals surface area contributed by atoms with Crippen molar-refractivity contribution in [3.8, 4) is 11.5 Å². The first kappa shape index (κ1) is 18.5. The Morgan fingerprint density at radius 2 is 1.89 bits per heavy atom. The van der Waals surface area contributed by atoms with Crippen LogP contribution in [0.5, 0.6) is 11.5 Å². The van der Waals surface area contributed by atoms with E-state index in [1.54, 1.807) is 24.4 Å². The standard InChI is InChI=1S/C21H21NO5/c1-3-10-26-19-9-8-14(11-20(19)25-2)21(24)27-13-18(23)16-12-22-17-7-5-4-6-15(16)17/h4-9,11-12,22H,3,10,13H2,1-2H3. The molecule has 0 amide bonds. The van der Waals surface area contributed by atoms with Gasteiger partial charge < -0.3 is 19.2 Å².